The lowest BCUT2D eigenvalue weighted by Gasteiger charge is -2.26. The Morgan fingerprint density at radius 1 is 0.966 bits per heavy atom. The van der Waals surface area contributed by atoms with Crippen LogP contribution >= 0.6 is 12.4 Å². The van der Waals surface area contributed by atoms with E-state index in [0.29, 0.717) is 40.5 Å². The second-order valence-corrected chi connectivity index (χ2v) is 8.27. The minimum atomic E-state index is -0.0760. The molecule has 0 radical (unpaired) electrons. The molecule has 0 atom stereocenters. The van der Waals surface area contributed by atoms with Gasteiger partial charge in [-0.1, -0.05) is 58.0 Å². The molecule has 1 N–H and O–H groups in total. The Morgan fingerprint density at radius 2 is 1.59 bits per heavy atom. The molecule has 3 rings (SSSR count). The first-order valence-electron chi connectivity index (χ1n) is 9.91. The van der Waals surface area contributed by atoms with Gasteiger partial charge in [0, 0.05) is 19.6 Å². The summed E-state index contributed by atoms with van der Waals surface area (Å²) in [5.41, 5.74) is 2.44. The van der Waals surface area contributed by atoms with Crippen molar-refractivity contribution in [3.8, 4) is 16.9 Å². The molecule has 1 heterocycles. The molecule has 0 aliphatic carbocycles. The summed E-state index contributed by atoms with van der Waals surface area (Å²) in [6, 6.07) is 12.8. The first kappa shape index (κ1) is 23.0. The van der Waals surface area contributed by atoms with Gasteiger partial charge in [0.05, 0.1) is 16.5 Å². The van der Waals surface area contributed by atoms with Crippen LogP contribution in [-0.4, -0.2) is 23.1 Å². The predicted molar refractivity (Wildman–Crippen MR) is 122 cm³/mol. The van der Waals surface area contributed by atoms with Gasteiger partial charge in [-0.15, -0.1) is 12.4 Å². The van der Waals surface area contributed by atoms with Gasteiger partial charge in [0.15, 0.2) is 0 Å². The SMILES string of the molecule is CC(C)CN(Cc1c(O)ccc2c(=O)c(-c3ccccc3)coc12)CC(C)C.Cl. The molecule has 4 nitrogen and oxygen atoms in total. The number of aromatic hydroxyl groups is 1. The molecule has 0 bridgehead atoms. The number of benzene rings is 2. The van der Waals surface area contributed by atoms with E-state index in [0.717, 1.165) is 18.7 Å². The third-order valence-corrected chi connectivity index (χ3v) is 4.73. The van der Waals surface area contributed by atoms with Gasteiger partial charge in [-0.25, -0.2) is 0 Å². The van der Waals surface area contributed by atoms with Crippen LogP contribution in [0.1, 0.15) is 33.3 Å². The summed E-state index contributed by atoms with van der Waals surface area (Å²) in [7, 11) is 0. The molecule has 1 aromatic heterocycles. The summed E-state index contributed by atoms with van der Waals surface area (Å²) in [4.78, 5) is 15.4. The van der Waals surface area contributed by atoms with Crippen molar-refractivity contribution in [2.45, 2.75) is 34.2 Å². The van der Waals surface area contributed by atoms with E-state index in [4.69, 9.17) is 4.42 Å². The fourth-order valence-corrected chi connectivity index (χ4v) is 3.68. The highest BCUT2D eigenvalue weighted by Gasteiger charge is 2.18. The minimum Gasteiger partial charge on any atom is -0.507 e. The fraction of sp³-hybridized carbons (Fsp3) is 0.375. The van der Waals surface area contributed by atoms with Gasteiger partial charge in [0.2, 0.25) is 5.43 Å². The maximum Gasteiger partial charge on any atom is 0.200 e. The molecule has 0 aliphatic heterocycles. The van der Waals surface area contributed by atoms with Crippen LogP contribution in [0.2, 0.25) is 0 Å². The predicted octanol–water partition coefficient (Wildman–Crippen LogP) is 5.70. The van der Waals surface area contributed by atoms with E-state index in [1.807, 2.05) is 30.3 Å². The summed E-state index contributed by atoms with van der Waals surface area (Å²) >= 11 is 0. The number of hydrogen-bond acceptors (Lipinski definition) is 4. The lowest BCUT2D eigenvalue weighted by atomic mass is 10.0. The summed E-state index contributed by atoms with van der Waals surface area (Å²) in [5.74, 6) is 1.18. The van der Waals surface area contributed by atoms with E-state index in [9.17, 15) is 9.90 Å². The standard InChI is InChI=1S/C24H29NO3.ClH/c1-16(2)12-25(13-17(3)4)14-20-22(26)11-10-19-23(27)21(15-28-24(19)20)18-8-6-5-7-9-18;/h5-11,15-17,26H,12-14H2,1-4H3;1H. The first-order valence-corrected chi connectivity index (χ1v) is 9.91. The zero-order chi connectivity index (χ0) is 20.3. The molecule has 0 unspecified atom stereocenters. The average molecular weight is 416 g/mol. The van der Waals surface area contributed by atoms with Crippen molar-refractivity contribution in [3.63, 3.8) is 0 Å². The van der Waals surface area contributed by atoms with Gasteiger partial charge < -0.3 is 9.52 Å². The largest absolute Gasteiger partial charge is 0.507 e. The number of fused-ring (bicyclic) bond motifs is 1. The van der Waals surface area contributed by atoms with Crippen molar-refractivity contribution in [3.05, 3.63) is 64.5 Å². The van der Waals surface area contributed by atoms with E-state index < -0.39 is 0 Å². The molecular weight excluding hydrogens is 386 g/mol. The average Bonchev–Trinajstić information content (AvgIpc) is 2.64. The molecule has 0 fully saturated rings. The molecule has 0 spiro atoms. The van der Waals surface area contributed by atoms with Gasteiger partial charge >= 0.3 is 0 Å². The second kappa shape index (κ2) is 9.95. The van der Waals surface area contributed by atoms with Crippen LogP contribution in [0.5, 0.6) is 5.75 Å². The van der Waals surface area contributed by atoms with Crippen molar-refractivity contribution in [1.29, 1.82) is 0 Å². The quantitative estimate of drug-likeness (QED) is 0.537. The Morgan fingerprint density at radius 3 is 2.17 bits per heavy atom. The van der Waals surface area contributed by atoms with Crippen LogP contribution in [0.25, 0.3) is 22.1 Å². The molecular formula is C24H30ClNO3. The Balaban J connectivity index is 0.00000300. The van der Waals surface area contributed by atoms with E-state index in [1.165, 1.54) is 6.26 Å². The second-order valence-electron chi connectivity index (χ2n) is 8.27. The van der Waals surface area contributed by atoms with Gasteiger partial charge in [-0.3, -0.25) is 9.69 Å². The molecule has 156 valence electrons. The molecule has 0 saturated heterocycles. The van der Waals surface area contributed by atoms with Gasteiger partial charge in [0.1, 0.15) is 17.6 Å². The number of nitrogens with zero attached hydrogens (tertiary/aromatic N) is 1. The highest BCUT2D eigenvalue weighted by molar-refractivity contribution is 5.86. The number of phenols is 1. The third kappa shape index (κ3) is 5.40. The Hall–Kier alpha value is -2.30. The Labute approximate surface area is 178 Å². The highest BCUT2D eigenvalue weighted by atomic mass is 35.5. The Kier molecular flexibility index (Phi) is 7.88. The van der Waals surface area contributed by atoms with Gasteiger partial charge in [-0.05, 0) is 29.5 Å². The minimum absolute atomic E-state index is 0. The number of rotatable bonds is 7. The highest BCUT2D eigenvalue weighted by Crippen LogP contribution is 2.29. The van der Waals surface area contributed by atoms with Crippen molar-refractivity contribution in [1.82, 2.24) is 4.90 Å². The van der Waals surface area contributed by atoms with Crippen molar-refractivity contribution in [2.75, 3.05) is 13.1 Å². The molecule has 29 heavy (non-hydrogen) atoms. The lowest BCUT2D eigenvalue weighted by molar-refractivity contribution is 0.209. The van der Waals surface area contributed by atoms with Crippen LogP contribution in [0.4, 0.5) is 0 Å². The monoisotopic (exact) mass is 415 g/mol. The van der Waals surface area contributed by atoms with Crippen molar-refractivity contribution >= 4 is 23.4 Å². The lowest BCUT2D eigenvalue weighted by Crippen LogP contribution is -2.31. The van der Waals surface area contributed by atoms with E-state index >= 15 is 0 Å². The molecule has 5 heteroatoms. The van der Waals surface area contributed by atoms with E-state index in [1.54, 1.807) is 12.1 Å². The van der Waals surface area contributed by atoms with Crippen LogP contribution < -0.4 is 5.43 Å². The fourth-order valence-electron chi connectivity index (χ4n) is 3.68. The van der Waals surface area contributed by atoms with Crippen LogP contribution in [-0.2, 0) is 6.54 Å². The van der Waals surface area contributed by atoms with Crippen LogP contribution in [0, 0.1) is 11.8 Å². The van der Waals surface area contributed by atoms with E-state index in [2.05, 4.69) is 32.6 Å². The molecule has 0 aliphatic rings. The molecule has 2 aromatic carbocycles. The zero-order valence-corrected chi connectivity index (χ0v) is 18.3. The normalized spacial score (nSPS) is 11.4. The molecule has 3 aromatic rings. The number of phenolic OH excluding ortho intramolecular Hbond substituents is 1. The van der Waals surface area contributed by atoms with Crippen molar-refractivity contribution in [2.24, 2.45) is 11.8 Å². The maximum atomic E-state index is 13.1. The first-order chi connectivity index (χ1) is 13.4. The van der Waals surface area contributed by atoms with Gasteiger partial charge in [-0.2, -0.15) is 0 Å². The summed E-state index contributed by atoms with van der Waals surface area (Å²) in [5, 5.41) is 11.0. The summed E-state index contributed by atoms with van der Waals surface area (Å²) < 4.78 is 5.91. The topological polar surface area (TPSA) is 53.7 Å². The summed E-state index contributed by atoms with van der Waals surface area (Å²) in [6.07, 6.45) is 1.51. The molecule has 0 amide bonds. The zero-order valence-electron chi connectivity index (χ0n) is 17.5. The number of halogens is 1. The molecule has 0 saturated carbocycles. The summed E-state index contributed by atoms with van der Waals surface area (Å²) in [6.45, 7) is 11.1. The van der Waals surface area contributed by atoms with Crippen LogP contribution in [0.3, 0.4) is 0 Å². The third-order valence-electron chi connectivity index (χ3n) is 4.73. The van der Waals surface area contributed by atoms with Crippen molar-refractivity contribution < 1.29 is 9.52 Å². The van der Waals surface area contributed by atoms with Gasteiger partial charge in [0.25, 0.3) is 0 Å². The smallest absolute Gasteiger partial charge is 0.200 e. The van der Waals surface area contributed by atoms with Crippen LogP contribution in [0.15, 0.2) is 57.9 Å². The number of hydrogen-bond donors (Lipinski definition) is 1. The van der Waals surface area contributed by atoms with E-state index in [-0.39, 0.29) is 23.6 Å². The Bertz CT molecular complexity index is 986. The maximum absolute atomic E-state index is 13.1.